The van der Waals surface area contributed by atoms with Crippen molar-refractivity contribution in [2.75, 3.05) is 28.2 Å². The Morgan fingerprint density at radius 2 is 1.63 bits per heavy atom. The van der Waals surface area contributed by atoms with Crippen molar-refractivity contribution in [3.63, 3.8) is 0 Å². The van der Waals surface area contributed by atoms with Gasteiger partial charge in [0.15, 0.2) is 5.65 Å². The molecule has 230 valence electrons. The summed E-state index contributed by atoms with van der Waals surface area (Å²) in [6, 6.07) is 10.0. The van der Waals surface area contributed by atoms with E-state index in [9.17, 15) is 9.59 Å². The van der Waals surface area contributed by atoms with Crippen molar-refractivity contribution in [2.24, 2.45) is 0 Å². The van der Waals surface area contributed by atoms with E-state index in [0.29, 0.717) is 43.5 Å². The summed E-state index contributed by atoms with van der Waals surface area (Å²) < 4.78 is 12.7. The molecule has 0 bridgehead atoms. The van der Waals surface area contributed by atoms with Crippen molar-refractivity contribution in [1.29, 1.82) is 0 Å². The fraction of sp³-hybridized carbons (Fsp3) is 0.467. The van der Waals surface area contributed by atoms with Gasteiger partial charge in [0.25, 0.3) is 0 Å². The molecule has 13 heteroatoms. The number of carbonyl (C=O) groups is 2. The molecule has 0 aromatic carbocycles. The third-order valence-corrected chi connectivity index (χ3v) is 8.22. The van der Waals surface area contributed by atoms with Gasteiger partial charge in [-0.25, -0.2) is 14.6 Å². The summed E-state index contributed by atoms with van der Waals surface area (Å²) >= 11 is 3.41. The maximum atomic E-state index is 12.9. The number of amides is 2. The molecule has 0 unspecified atom stereocenters. The molecule has 2 N–H and O–H groups in total. The standard InChI is InChI=1S/C30H39N7O4S2/c1-29(2,3)40-27(38)32-20-11-12-35(17-20)24-15-25(34-28(39)41-30(4,5)6)37-26(33-24)23(16-31-37)36(18-21-9-7-13-42-21)19-22-10-8-14-43-22/h7-10,13-16,20H,11-12,17-19H2,1-6H3,(H,32,38)(H,34,39)/t20-/m0/s1. The minimum absolute atomic E-state index is 0.103. The van der Waals surface area contributed by atoms with Gasteiger partial charge in [-0.1, -0.05) is 12.1 Å². The summed E-state index contributed by atoms with van der Waals surface area (Å²) in [5.41, 5.74) is 0.217. The van der Waals surface area contributed by atoms with Gasteiger partial charge in [0.05, 0.1) is 25.3 Å². The molecule has 5 heterocycles. The van der Waals surface area contributed by atoms with Crippen LogP contribution in [0, 0.1) is 0 Å². The van der Waals surface area contributed by atoms with Crippen molar-refractivity contribution in [3.8, 4) is 0 Å². The first-order valence-electron chi connectivity index (χ1n) is 14.3. The molecular formula is C30H39N7O4S2. The lowest BCUT2D eigenvalue weighted by molar-refractivity contribution is 0.0508. The lowest BCUT2D eigenvalue weighted by Crippen LogP contribution is -2.40. The summed E-state index contributed by atoms with van der Waals surface area (Å²) in [7, 11) is 0. The average molecular weight is 626 g/mol. The summed E-state index contributed by atoms with van der Waals surface area (Å²) in [4.78, 5) is 37.2. The first-order chi connectivity index (χ1) is 20.3. The van der Waals surface area contributed by atoms with E-state index in [-0.39, 0.29) is 6.04 Å². The molecule has 1 aliphatic heterocycles. The Kier molecular flexibility index (Phi) is 8.84. The van der Waals surface area contributed by atoms with Gasteiger partial charge in [-0.15, -0.1) is 22.7 Å². The number of ether oxygens (including phenoxy) is 2. The van der Waals surface area contributed by atoms with Gasteiger partial charge >= 0.3 is 12.2 Å². The highest BCUT2D eigenvalue weighted by molar-refractivity contribution is 7.10. The molecule has 1 saturated heterocycles. The Bertz CT molecular complexity index is 1500. The van der Waals surface area contributed by atoms with Crippen molar-refractivity contribution in [1.82, 2.24) is 19.9 Å². The number of nitrogens with one attached hydrogen (secondary N) is 2. The number of hydrogen-bond donors (Lipinski definition) is 2. The van der Waals surface area contributed by atoms with Crippen LogP contribution < -0.4 is 20.4 Å². The third kappa shape index (κ3) is 8.17. The summed E-state index contributed by atoms with van der Waals surface area (Å²) in [6.07, 6.45) is 1.51. The van der Waals surface area contributed by atoms with Gasteiger partial charge < -0.3 is 24.6 Å². The zero-order chi connectivity index (χ0) is 30.8. The molecule has 1 aliphatic rings. The number of anilines is 3. The highest BCUT2D eigenvalue weighted by atomic mass is 32.1. The monoisotopic (exact) mass is 625 g/mol. The molecular weight excluding hydrogens is 587 g/mol. The molecule has 5 rings (SSSR count). The second kappa shape index (κ2) is 12.4. The van der Waals surface area contributed by atoms with E-state index in [4.69, 9.17) is 14.5 Å². The van der Waals surface area contributed by atoms with E-state index in [1.54, 1.807) is 39.5 Å². The maximum absolute atomic E-state index is 12.9. The fourth-order valence-electron chi connectivity index (χ4n) is 4.79. The Morgan fingerprint density at radius 1 is 1.00 bits per heavy atom. The van der Waals surface area contributed by atoms with E-state index in [1.165, 1.54) is 9.75 Å². The average Bonchev–Trinajstić information content (AvgIpc) is 3.69. The second-order valence-electron chi connectivity index (χ2n) is 12.5. The minimum Gasteiger partial charge on any atom is -0.444 e. The molecule has 0 spiro atoms. The molecule has 2 amide bonds. The topological polar surface area (TPSA) is 113 Å². The van der Waals surface area contributed by atoms with Crippen molar-refractivity contribution < 1.29 is 19.1 Å². The third-order valence-electron chi connectivity index (χ3n) is 6.50. The van der Waals surface area contributed by atoms with Gasteiger partial charge in [-0.05, 0) is 70.9 Å². The lowest BCUT2D eigenvalue weighted by Gasteiger charge is -2.24. The number of thiophene rings is 2. The van der Waals surface area contributed by atoms with Crippen LogP contribution in [0.15, 0.2) is 47.3 Å². The predicted octanol–water partition coefficient (Wildman–Crippen LogP) is 6.51. The quantitative estimate of drug-likeness (QED) is 0.228. The van der Waals surface area contributed by atoms with Gasteiger partial charge in [0, 0.05) is 28.9 Å². The maximum Gasteiger partial charge on any atom is 0.413 e. The van der Waals surface area contributed by atoms with Crippen LogP contribution in [0.3, 0.4) is 0 Å². The summed E-state index contributed by atoms with van der Waals surface area (Å²) in [5.74, 6) is 1.11. The lowest BCUT2D eigenvalue weighted by atomic mass is 10.2. The van der Waals surface area contributed by atoms with E-state index < -0.39 is 23.4 Å². The number of fused-ring (bicyclic) bond motifs is 1. The molecule has 43 heavy (non-hydrogen) atoms. The van der Waals surface area contributed by atoms with E-state index in [1.807, 2.05) is 53.7 Å². The predicted molar refractivity (Wildman–Crippen MR) is 171 cm³/mol. The van der Waals surface area contributed by atoms with E-state index >= 15 is 0 Å². The first kappa shape index (κ1) is 30.6. The Labute approximate surface area is 259 Å². The van der Waals surface area contributed by atoms with Crippen LogP contribution in [0.1, 0.15) is 57.7 Å². The number of alkyl carbamates (subject to hydrolysis) is 1. The summed E-state index contributed by atoms with van der Waals surface area (Å²) in [6.45, 7) is 13.6. The molecule has 0 saturated carbocycles. The van der Waals surface area contributed by atoms with Crippen LogP contribution in [0.25, 0.3) is 5.65 Å². The fourth-order valence-corrected chi connectivity index (χ4v) is 6.23. The zero-order valence-corrected chi connectivity index (χ0v) is 27.1. The number of nitrogens with zero attached hydrogens (tertiary/aromatic N) is 5. The molecule has 0 radical (unpaired) electrons. The van der Waals surface area contributed by atoms with Gasteiger partial charge in [0.2, 0.25) is 0 Å². The normalized spacial score (nSPS) is 15.5. The van der Waals surface area contributed by atoms with Gasteiger partial charge in [-0.3, -0.25) is 5.32 Å². The second-order valence-corrected chi connectivity index (χ2v) is 14.5. The van der Waals surface area contributed by atoms with Crippen LogP contribution in [-0.2, 0) is 22.6 Å². The SMILES string of the molecule is CC(C)(C)OC(=O)Nc1cc(N2CC[C@H](NC(=O)OC(C)(C)C)C2)nc2c(N(Cc3cccs3)Cc3cccs3)cnn12. The number of hydrogen-bond acceptors (Lipinski definition) is 10. The van der Waals surface area contributed by atoms with Crippen molar-refractivity contribution in [2.45, 2.75) is 78.3 Å². The smallest absolute Gasteiger partial charge is 0.413 e. The van der Waals surface area contributed by atoms with E-state index in [0.717, 1.165) is 12.1 Å². The zero-order valence-electron chi connectivity index (χ0n) is 25.4. The van der Waals surface area contributed by atoms with Gasteiger partial charge in [0.1, 0.15) is 28.5 Å². The van der Waals surface area contributed by atoms with Crippen molar-refractivity contribution in [3.05, 3.63) is 57.0 Å². The molecule has 1 atom stereocenters. The van der Waals surface area contributed by atoms with Crippen LogP contribution in [0.4, 0.5) is 26.9 Å². The van der Waals surface area contributed by atoms with Crippen LogP contribution >= 0.6 is 22.7 Å². The highest BCUT2D eigenvalue weighted by Crippen LogP contribution is 2.31. The largest absolute Gasteiger partial charge is 0.444 e. The first-order valence-corrected chi connectivity index (χ1v) is 16.0. The van der Waals surface area contributed by atoms with Gasteiger partial charge in [-0.2, -0.15) is 9.61 Å². The number of rotatable bonds is 8. The molecule has 1 fully saturated rings. The Hall–Kier alpha value is -3.84. The number of carbonyl (C=O) groups excluding carboxylic acids is 2. The highest BCUT2D eigenvalue weighted by Gasteiger charge is 2.29. The Balaban J connectivity index is 1.48. The van der Waals surface area contributed by atoms with Crippen molar-refractivity contribution >= 4 is 57.8 Å². The molecule has 0 aliphatic carbocycles. The Morgan fingerprint density at radius 3 is 2.21 bits per heavy atom. The molecule has 4 aromatic rings. The molecule has 11 nitrogen and oxygen atoms in total. The minimum atomic E-state index is -0.665. The van der Waals surface area contributed by atoms with Crippen LogP contribution in [-0.4, -0.2) is 57.1 Å². The number of aromatic nitrogens is 3. The molecule has 4 aromatic heterocycles. The summed E-state index contributed by atoms with van der Waals surface area (Å²) in [5, 5.41) is 14.7. The van der Waals surface area contributed by atoms with Crippen LogP contribution in [0.5, 0.6) is 0 Å². The van der Waals surface area contributed by atoms with Crippen LogP contribution in [0.2, 0.25) is 0 Å². The van der Waals surface area contributed by atoms with E-state index in [2.05, 4.69) is 48.4 Å².